The molecule has 1 aliphatic carbocycles. The van der Waals surface area contributed by atoms with Crippen molar-refractivity contribution < 1.29 is 23.1 Å². The van der Waals surface area contributed by atoms with Gasteiger partial charge in [-0.05, 0) is 42.5 Å². The minimum Gasteiger partial charge on any atom is -0.478 e. The molecule has 3 aromatic rings. The highest BCUT2D eigenvalue weighted by Gasteiger charge is 2.26. The number of carboxylic acids is 1. The molecule has 0 aliphatic heterocycles. The Morgan fingerprint density at radius 3 is 2.10 bits per heavy atom. The molecule has 0 atom stereocenters. The molecular formula is C23H16N2O5S. The summed E-state index contributed by atoms with van der Waals surface area (Å²) < 4.78 is 29.5. The zero-order valence-corrected chi connectivity index (χ0v) is 16.8. The standard InChI is InChI=1S/C23H16N2O5S/c26-22-19-9-5-4-8-18(19)20(25-31(29,30)17-6-2-1-3-7-17)14-21(22)24-16-12-10-15(11-13-16)23(27)28/h1-14,24H,(H,27,28)/b25-20-. The van der Waals surface area contributed by atoms with Gasteiger partial charge in [0.15, 0.2) is 0 Å². The molecular weight excluding hydrogens is 416 g/mol. The maximum Gasteiger partial charge on any atom is 0.335 e. The fraction of sp³-hybridized carbons (Fsp3) is 0. The first-order valence-electron chi connectivity index (χ1n) is 9.21. The summed E-state index contributed by atoms with van der Waals surface area (Å²) in [7, 11) is -3.99. The number of carbonyl (C=O) groups is 2. The summed E-state index contributed by atoms with van der Waals surface area (Å²) in [6, 6.07) is 20.3. The lowest BCUT2D eigenvalue weighted by Crippen LogP contribution is -2.22. The van der Waals surface area contributed by atoms with Crippen LogP contribution >= 0.6 is 0 Å². The van der Waals surface area contributed by atoms with Crippen LogP contribution in [-0.2, 0) is 10.0 Å². The number of carbonyl (C=O) groups excluding carboxylic acids is 1. The molecule has 0 heterocycles. The van der Waals surface area contributed by atoms with Crippen molar-refractivity contribution in [2.24, 2.45) is 4.40 Å². The number of allylic oxidation sites excluding steroid dienone is 2. The normalized spacial score (nSPS) is 14.6. The third-order valence-corrected chi connectivity index (χ3v) is 5.95. The van der Waals surface area contributed by atoms with Gasteiger partial charge in [0.2, 0.25) is 5.78 Å². The van der Waals surface area contributed by atoms with Crippen LogP contribution in [0.25, 0.3) is 0 Å². The fourth-order valence-electron chi connectivity index (χ4n) is 3.12. The molecule has 0 aromatic heterocycles. The second-order valence-corrected chi connectivity index (χ2v) is 8.31. The van der Waals surface area contributed by atoms with Crippen molar-refractivity contribution >= 4 is 33.2 Å². The first-order chi connectivity index (χ1) is 14.8. The largest absolute Gasteiger partial charge is 0.478 e. The highest BCUT2D eigenvalue weighted by Crippen LogP contribution is 2.25. The first kappa shape index (κ1) is 20.2. The molecule has 0 bridgehead atoms. The van der Waals surface area contributed by atoms with E-state index in [-0.39, 0.29) is 27.7 Å². The van der Waals surface area contributed by atoms with Gasteiger partial charge in [-0.2, -0.15) is 12.8 Å². The predicted octanol–water partition coefficient (Wildman–Crippen LogP) is 3.76. The van der Waals surface area contributed by atoms with Gasteiger partial charge in [0.1, 0.15) is 0 Å². The molecule has 8 heteroatoms. The van der Waals surface area contributed by atoms with Crippen LogP contribution in [0.2, 0.25) is 0 Å². The molecule has 154 valence electrons. The Bertz CT molecular complexity index is 1340. The molecule has 0 saturated heterocycles. The van der Waals surface area contributed by atoms with E-state index < -0.39 is 16.0 Å². The van der Waals surface area contributed by atoms with Gasteiger partial charge in [0.25, 0.3) is 10.0 Å². The molecule has 0 spiro atoms. The summed E-state index contributed by atoms with van der Waals surface area (Å²) in [5, 5.41) is 12.0. The van der Waals surface area contributed by atoms with Crippen LogP contribution in [0.3, 0.4) is 0 Å². The molecule has 7 nitrogen and oxygen atoms in total. The number of aromatic carboxylic acids is 1. The Morgan fingerprint density at radius 1 is 0.839 bits per heavy atom. The highest BCUT2D eigenvalue weighted by molar-refractivity contribution is 7.90. The van der Waals surface area contributed by atoms with Crippen LogP contribution in [0.4, 0.5) is 5.69 Å². The zero-order valence-electron chi connectivity index (χ0n) is 16.0. The van der Waals surface area contributed by atoms with Gasteiger partial charge in [-0.15, -0.1) is 0 Å². The molecule has 0 radical (unpaired) electrons. The summed E-state index contributed by atoms with van der Waals surface area (Å²) in [6.45, 7) is 0. The molecule has 1 aliphatic rings. The Kier molecular flexibility index (Phi) is 5.22. The van der Waals surface area contributed by atoms with E-state index in [2.05, 4.69) is 9.71 Å². The number of nitrogens with one attached hydrogen (secondary N) is 1. The van der Waals surface area contributed by atoms with Gasteiger partial charge in [0, 0.05) is 16.8 Å². The number of hydrogen-bond acceptors (Lipinski definition) is 5. The monoisotopic (exact) mass is 432 g/mol. The van der Waals surface area contributed by atoms with E-state index in [0.29, 0.717) is 16.8 Å². The molecule has 4 rings (SSSR count). The molecule has 3 aromatic carbocycles. The topological polar surface area (TPSA) is 113 Å². The Balaban J connectivity index is 1.77. The van der Waals surface area contributed by atoms with Crippen molar-refractivity contribution in [2.45, 2.75) is 4.90 Å². The van der Waals surface area contributed by atoms with Gasteiger partial charge in [-0.3, -0.25) is 4.79 Å². The minimum absolute atomic E-state index is 0.0454. The van der Waals surface area contributed by atoms with Crippen molar-refractivity contribution in [3.05, 3.63) is 107 Å². The number of ketones is 1. The lowest BCUT2D eigenvalue weighted by atomic mass is 9.92. The van der Waals surface area contributed by atoms with Gasteiger partial charge in [-0.1, -0.05) is 42.5 Å². The van der Waals surface area contributed by atoms with Gasteiger partial charge in [0.05, 0.1) is 21.9 Å². The van der Waals surface area contributed by atoms with Crippen LogP contribution in [0.5, 0.6) is 0 Å². The summed E-state index contributed by atoms with van der Waals surface area (Å²) in [6.07, 6.45) is 1.39. The van der Waals surface area contributed by atoms with E-state index in [1.165, 1.54) is 42.5 Å². The maximum atomic E-state index is 12.9. The quantitative estimate of drug-likeness (QED) is 0.635. The van der Waals surface area contributed by atoms with Crippen molar-refractivity contribution in [3.8, 4) is 0 Å². The van der Waals surface area contributed by atoms with Crippen LogP contribution < -0.4 is 5.32 Å². The number of sulfonamides is 1. The van der Waals surface area contributed by atoms with Gasteiger partial charge >= 0.3 is 5.97 Å². The lowest BCUT2D eigenvalue weighted by Gasteiger charge is -2.18. The summed E-state index contributed by atoms with van der Waals surface area (Å²) >= 11 is 0. The molecule has 2 N–H and O–H groups in total. The SMILES string of the molecule is O=C(O)c1ccc(NC2=C/C(=N/S(=O)(=O)c3ccccc3)c3ccccc3C2=O)cc1. The number of carboxylic acid groups (broad SMARTS) is 1. The molecule has 0 amide bonds. The number of nitrogens with zero attached hydrogens (tertiary/aromatic N) is 1. The van der Waals surface area contributed by atoms with Gasteiger partial charge in [-0.25, -0.2) is 4.79 Å². The Hall–Kier alpha value is -4.04. The maximum absolute atomic E-state index is 12.9. The van der Waals surface area contributed by atoms with Crippen molar-refractivity contribution in [1.29, 1.82) is 0 Å². The fourth-order valence-corrected chi connectivity index (χ4v) is 4.14. The Morgan fingerprint density at radius 2 is 1.45 bits per heavy atom. The van der Waals surface area contributed by atoms with E-state index in [1.807, 2.05) is 0 Å². The van der Waals surface area contributed by atoms with Crippen LogP contribution in [0.1, 0.15) is 26.3 Å². The Labute approximate surface area is 178 Å². The number of fused-ring (bicyclic) bond motifs is 1. The summed E-state index contributed by atoms with van der Waals surface area (Å²) in [5.41, 5.74) is 1.58. The van der Waals surface area contributed by atoms with Crippen molar-refractivity contribution in [1.82, 2.24) is 0 Å². The number of rotatable bonds is 5. The van der Waals surface area contributed by atoms with Crippen molar-refractivity contribution in [3.63, 3.8) is 0 Å². The van der Waals surface area contributed by atoms with Crippen LogP contribution in [0.15, 0.2) is 99.9 Å². The molecule has 0 saturated carbocycles. The number of hydrogen-bond donors (Lipinski definition) is 2. The molecule has 0 unspecified atom stereocenters. The number of benzene rings is 3. The predicted molar refractivity (Wildman–Crippen MR) is 116 cm³/mol. The summed E-state index contributed by atoms with van der Waals surface area (Å²) in [4.78, 5) is 24.0. The van der Waals surface area contributed by atoms with E-state index in [0.717, 1.165) is 0 Å². The third-order valence-electron chi connectivity index (χ3n) is 4.64. The first-order valence-corrected chi connectivity index (χ1v) is 10.7. The van der Waals surface area contributed by atoms with Crippen LogP contribution in [-0.4, -0.2) is 31.0 Å². The average molecular weight is 432 g/mol. The van der Waals surface area contributed by atoms with E-state index in [9.17, 15) is 18.0 Å². The number of Topliss-reactive ketones (excluding diaryl/α,β-unsaturated/α-hetero) is 1. The van der Waals surface area contributed by atoms with E-state index in [4.69, 9.17) is 5.11 Å². The molecule has 0 fully saturated rings. The smallest absolute Gasteiger partial charge is 0.335 e. The van der Waals surface area contributed by atoms with E-state index in [1.54, 1.807) is 42.5 Å². The van der Waals surface area contributed by atoms with Crippen LogP contribution in [0, 0.1) is 0 Å². The second kappa shape index (κ2) is 8.00. The average Bonchev–Trinajstić information content (AvgIpc) is 2.78. The summed E-state index contributed by atoms with van der Waals surface area (Å²) in [5.74, 6) is -1.39. The lowest BCUT2D eigenvalue weighted by molar-refractivity contribution is 0.0696. The minimum atomic E-state index is -3.99. The number of anilines is 1. The van der Waals surface area contributed by atoms with E-state index >= 15 is 0 Å². The van der Waals surface area contributed by atoms with Crippen molar-refractivity contribution in [2.75, 3.05) is 5.32 Å². The molecule has 31 heavy (non-hydrogen) atoms. The van der Waals surface area contributed by atoms with Gasteiger partial charge < -0.3 is 10.4 Å². The zero-order chi connectivity index (χ0) is 22.0. The third kappa shape index (κ3) is 4.15. The highest BCUT2D eigenvalue weighted by atomic mass is 32.2. The second-order valence-electron chi connectivity index (χ2n) is 6.70.